The first-order valence-electron chi connectivity index (χ1n) is 5.98. The van der Waals surface area contributed by atoms with Crippen molar-refractivity contribution in [2.24, 2.45) is 0 Å². The van der Waals surface area contributed by atoms with Gasteiger partial charge in [-0.3, -0.25) is 9.59 Å². The highest BCUT2D eigenvalue weighted by Crippen LogP contribution is 2.25. The number of carbonyl (C=O) groups is 2. The van der Waals surface area contributed by atoms with Crippen LogP contribution in [0.25, 0.3) is 0 Å². The molecule has 7 heteroatoms. The molecule has 0 aliphatic heterocycles. The Morgan fingerprint density at radius 2 is 2.14 bits per heavy atom. The summed E-state index contributed by atoms with van der Waals surface area (Å²) in [5.41, 5.74) is 0.384. The number of rotatable bonds is 5. The van der Waals surface area contributed by atoms with Crippen LogP contribution in [-0.4, -0.2) is 17.0 Å². The zero-order valence-electron chi connectivity index (χ0n) is 10.7. The van der Waals surface area contributed by atoms with Crippen LogP contribution in [-0.2, 0) is 4.79 Å². The zero-order valence-corrected chi connectivity index (χ0v) is 13.8. The Kier molecular flexibility index (Phi) is 5.39. The van der Waals surface area contributed by atoms with Crippen molar-refractivity contribution in [2.75, 3.05) is 0 Å². The second-order valence-corrected chi connectivity index (χ2v) is 6.51. The number of carbonyl (C=O) groups excluding carboxylic acids is 1. The maximum Gasteiger partial charge on any atom is 0.305 e. The Bertz CT molecular complexity index is 660. The van der Waals surface area contributed by atoms with Crippen molar-refractivity contribution in [1.82, 2.24) is 5.32 Å². The number of amides is 1. The third-order valence-electron chi connectivity index (χ3n) is 2.75. The Labute approximate surface area is 138 Å². The lowest BCUT2D eigenvalue weighted by Gasteiger charge is -2.15. The summed E-state index contributed by atoms with van der Waals surface area (Å²) < 4.78 is 0.695. The lowest BCUT2D eigenvalue weighted by Crippen LogP contribution is -2.29. The van der Waals surface area contributed by atoms with Crippen molar-refractivity contribution in [1.29, 1.82) is 0 Å². The monoisotopic (exact) mass is 387 g/mol. The molecule has 0 radical (unpaired) electrons. The molecule has 0 saturated heterocycles. The van der Waals surface area contributed by atoms with E-state index < -0.39 is 12.0 Å². The SMILES string of the molecule is O=C(O)CC(NC(=O)c1ccc(Br)c(Cl)c1)c1cccs1. The maximum atomic E-state index is 12.2. The van der Waals surface area contributed by atoms with Gasteiger partial charge in [0.05, 0.1) is 17.5 Å². The van der Waals surface area contributed by atoms with Gasteiger partial charge in [-0.25, -0.2) is 0 Å². The molecule has 0 aliphatic carbocycles. The quantitative estimate of drug-likeness (QED) is 0.810. The smallest absolute Gasteiger partial charge is 0.305 e. The normalized spacial score (nSPS) is 11.9. The topological polar surface area (TPSA) is 66.4 Å². The predicted octanol–water partition coefficient (Wildman–Crippen LogP) is 4.11. The van der Waals surface area contributed by atoms with Crippen molar-refractivity contribution in [3.8, 4) is 0 Å². The number of benzene rings is 1. The second kappa shape index (κ2) is 7.06. The van der Waals surface area contributed by atoms with E-state index >= 15 is 0 Å². The highest BCUT2D eigenvalue weighted by atomic mass is 79.9. The molecule has 2 N–H and O–H groups in total. The molecular weight excluding hydrogens is 378 g/mol. The second-order valence-electron chi connectivity index (χ2n) is 4.27. The highest BCUT2D eigenvalue weighted by molar-refractivity contribution is 9.10. The van der Waals surface area contributed by atoms with Gasteiger partial charge in [-0.15, -0.1) is 11.3 Å². The summed E-state index contributed by atoms with van der Waals surface area (Å²) in [6, 6.07) is 7.89. The Balaban J connectivity index is 2.17. The van der Waals surface area contributed by atoms with Crippen LogP contribution >= 0.6 is 38.9 Å². The van der Waals surface area contributed by atoms with E-state index in [1.54, 1.807) is 18.2 Å². The zero-order chi connectivity index (χ0) is 15.4. The first-order chi connectivity index (χ1) is 9.97. The van der Waals surface area contributed by atoms with Crippen LogP contribution < -0.4 is 5.32 Å². The first kappa shape index (κ1) is 16.0. The Morgan fingerprint density at radius 3 is 2.71 bits per heavy atom. The van der Waals surface area contributed by atoms with Gasteiger partial charge in [0.1, 0.15) is 0 Å². The average molecular weight is 389 g/mol. The molecule has 2 aromatic rings. The molecule has 0 spiro atoms. The van der Waals surface area contributed by atoms with Crippen LogP contribution in [0.2, 0.25) is 5.02 Å². The molecule has 0 bridgehead atoms. The van der Waals surface area contributed by atoms with E-state index in [1.807, 2.05) is 11.4 Å². The molecule has 1 unspecified atom stereocenters. The number of hydrogen-bond acceptors (Lipinski definition) is 3. The van der Waals surface area contributed by atoms with E-state index in [1.165, 1.54) is 17.4 Å². The average Bonchev–Trinajstić information content (AvgIpc) is 2.94. The largest absolute Gasteiger partial charge is 0.481 e. The molecule has 1 atom stereocenters. The minimum absolute atomic E-state index is 0.170. The highest BCUT2D eigenvalue weighted by Gasteiger charge is 2.20. The van der Waals surface area contributed by atoms with E-state index in [4.69, 9.17) is 16.7 Å². The molecule has 1 aromatic carbocycles. The van der Waals surface area contributed by atoms with Gasteiger partial charge in [0, 0.05) is 14.9 Å². The van der Waals surface area contributed by atoms with Crippen LogP contribution in [0.1, 0.15) is 27.7 Å². The van der Waals surface area contributed by atoms with Crippen LogP contribution in [0.5, 0.6) is 0 Å². The van der Waals surface area contributed by atoms with Gasteiger partial charge in [0.25, 0.3) is 5.91 Å². The molecule has 1 aromatic heterocycles. The standard InChI is InChI=1S/C14H11BrClNO3S/c15-9-4-3-8(6-10(9)16)14(20)17-11(7-13(18)19)12-2-1-5-21-12/h1-6,11H,7H2,(H,17,20)(H,18,19). The van der Waals surface area contributed by atoms with E-state index in [2.05, 4.69) is 21.2 Å². The molecule has 0 saturated carbocycles. The molecule has 4 nitrogen and oxygen atoms in total. The molecule has 110 valence electrons. The van der Waals surface area contributed by atoms with Crippen molar-refractivity contribution in [3.05, 3.63) is 55.6 Å². The number of carboxylic acids is 1. The van der Waals surface area contributed by atoms with Gasteiger partial charge in [0.2, 0.25) is 0 Å². The van der Waals surface area contributed by atoms with E-state index in [0.717, 1.165) is 4.88 Å². The number of carboxylic acid groups (broad SMARTS) is 1. The van der Waals surface area contributed by atoms with Crippen molar-refractivity contribution >= 4 is 50.7 Å². The molecule has 0 fully saturated rings. The van der Waals surface area contributed by atoms with Crippen LogP contribution in [0.3, 0.4) is 0 Å². The summed E-state index contributed by atoms with van der Waals surface area (Å²) in [6.07, 6.45) is -0.170. The van der Waals surface area contributed by atoms with Crippen molar-refractivity contribution < 1.29 is 14.7 Å². The molecule has 21 heavy (non-hydrogen) atoms. The van der Waals surface area contributed by atoms with E-state index in [9.17, 15) is 9.59 Å². The van der Waals surface area contributed by atoms with Gasteiger partial charge in [-0.05, 0) is 45.6 Å². The number of hydrogen-bond donors (Lipinski definition) is 2. The Hall–Kier alpha value is -1.37. The van der Waals surface area contributed by atoms with Gasteiger partial charge in [-0.2, -0.15) is 0 Å². The molecular formula is C14H11BrClNO3S. The first-order valence-corrected chi connectivity index (χ1v) is 8.03. The summed E-state index contributed by atoms with van der Waals surface area (Å²) in [7, 11) is 0. The third kappa shape index (κ3) is 4.30. The summed E-state index contributed by atoms with van der Waals surface area (Å²) in [4.78, 5) is 24.0. The van der Waals surface area contributed by atoms with Crippen LogP contribution in [0.4, 0.5) is 0 Å². The number of nitrogens with one attached hydrogen (secondary N) is 1. The fraction of sp³-hybridized carbons (Fsp3) is 0.143. The number of aliphatic carboxylic acids is 1. The van der Waals surface area contributed by atoms with E-state index in [-0.39, 0.29) is 12.3 Å². The maximum absolute atomic E-state index is 12.2. The minimum Gasteiger partial charge on any atom is -0.481 e. The summed E-state index contributed by atoms with van der Waals surface area (Å²) in [6.45, 7) is 0. The number of halogens is 2. The fourth-order valence-electron chi connectivity index (χ4n) is 1.77. The molecule has 1 heterocycles. The van der Waals surface area contributed by atoms with Crippen LogP contribution in [0, 0.1) is 0 Å². The van der Waals surface area contributed by atoms with Gasteiger partial charge in [0.15, 0.2) is 0 Å². The van der Waals surface area contributed by atoms with Gasteiger partial charge < -0.3 is 10.4 Å². The lowest BCUT2D eigenvalue weighted by atomic mass is 10.1. The van der Waals surface area contributed by atoms with E-state index in [0.29, 0.717) is 15.1 Å². The molecule has 0 aliphatic rings. The van der Waals surface area contributed by atoms with Gasteiger partial charge >= 0.3 is 5.97 Å². The minimum atomic E-state index is -0.970. The van der Waals surface area contributed by atoms with Gasteiger partial charge in [-0.1, -0.05) is 17.7 Å². The summed E-state index contributed by atoms with van der Waals surface area (Å²) in [5.74, 6) is -1.33. The van der Waals surface area contributed by atoms with Crippen LogP contribution in [0.15, 0.2) is 40.2 Å². The molecule has 2 rings (SSSR count). The third-order valence-corrected chi connectivity index (χ3v) is 4.97. The van der Waals surface area contributed by atoms with Crippen molar-refractivity contribution in [3.63, 3.8) is 0 Å². The molecule has 1 amide bonds. The summed E-state index contributed by atoms with van der Waals surface area (Å²) >= 11 is 10.6. The predicted molar refractivity (Wildman–Crippen MR) is 85.9 cm³/mol. The number of thiophene rings is 1. The fourth-order valence-corrected chi connectivity index (χ4v) is 2.97. The Morgan fingerprint density at radius 1 is 1.38 bits per heavy atom. The van der Waals surface area contributed by atoms with Crippen molar-refractivity contribution in [2.45, 2.75) is 12.5 Å². The summed E-state index contributed by atoms with van der Waals surface area (Å²) in [5, 5.41) is 14.0. The lowest BCUT2D eigenvalue weighted by molar-refractivity contribution is -0.137.